The quantitative estimate of drug-likeness (QED) is 0.733. The smallest absolute Gasteiger partial charge is 0.123 e. The molecule has 0 unspecified atom stereocenters. The minimum absolute atomic E-state index is 0.504. The van der Waals surface area contributed by atoms with Crippen LogP contribution in [0.1, 0.15) is 18.4 Å². The molecule has 0 saturated heterocycles. The van der Waals surface area contributed by atoms with Crippen molar-refractivity contribution < 1.29 is 4.74 Å². The van der Waals surface area contributed by atoms with E-state index in [1.54, 1.807) is 13.2 Å². The summed E-state index contributed by atoms with van der Waals surface area (Å²) in [6, 6.07) is 7.81. The van der Waals surface area contributed by atoms with E-state index in [-0.39, 0.29) is 0 Å². The van der Waals surface area contributed by atoms with Gasteiger partial charge >= 0.3 is 0 Å². The first-order valence-electron chi connectivity index (χ1n) is 5.12. The second-order valence-corrected chi connectivity index (χ2v) is 4.35. The number of allylic oxidation sites excluding steroid dienone is 2. The van der Waals surface area contributed by atoms with E-state index >= 15 is 0 Å². The van der Waals surface area contributed by atoms with Gasteiger partial charge in [0, 0.05) is 10.6 Å². The van der Waals surface area contributed by atoms with Crippen LogP contribution >= 0.6 is 11.6 Å². The van der Waals surface area contributed by atoms with E-state index in [4.69, 9.17) is 16.3 Å². The Morgan fingerprint density at radius 1 is 1.38 bits per heavy atom. The molecule has 1 aromatic rings. The Bertz CT molecular complexity index is 465. The van der Waals surface area contributed by atoms with E-state index in [9.17, 15) is 5.26 Å². The Labute approximate surface area is 100 Å². The Morgan fingerprint density at radius 3 is 2.62 bits per heavy atom. The molecular weight excluding hydrogens is 222 g/mol. The lowest BCUT2D eigenvalue weighted by atomic mass is 9.79. The van der Waals surface area contributed by atoms with Crippen LogP contribution in [0.15, 0.2) is 30.4 Å². The molecule has 0 amide bonds. The van der Waals surface area contributed by atoms with Crippen molar-refractivity contribution >= 4 is 11.6 Å². The van der Waals surface area contributed by atoms with Crippen LogP contribution < -0.4 is 4.74 Å². The summed E-state index contributed by atoms with van der Waals surface area (Å²) < 4.78 is 5.30. The molecule has 0 aromatic heterocycles. The lowest BCUT2D eigenvalue weighted by Crippen LogP contribution is -2.20. The van der Waals surface area contributed by atoms with Crippen LogP contribution in [0, 0.1) is 11.3 Å². The maximum atomic E-state index is 9.39. The monoisotopic (exact) mass is 233 g/mol. The summed E-state index contributed by atoms with van der Waals surface area (Å²) in [5.41, 5.74) is 0.381. The molecule has 2 nitrogen and oxygen atoms in total. The molecule has 16 heavy (non-hydrogen) atoms. The summed E-state index contributed by atoms with van der Waals surface area (Å²) in [6.45, 7) is 0. The number of methoxy groups -OCH3 is 1. The third-order valence-electron chi connectivity index (χ3n) is 2.99. The minimum atomic E-state index is -0.504. The molecule has 1 aliphatic rings. The summed E-state index contributed by atoms with van der Waals surface area (Å²) in [5.74, 6) is 0.731. The van der Waals surface area contributed by atoms with Crippen LogP contribution in [0.25, 0.3) is 0 Å². The Kier molecular flexibility index (Phi) is 2.89. The van der Waals surface area contributed by atoms with Crippen LogP contribution in [-0.2, 0) is 5.41 Å². The largest absolute Gasteiger partial charge is 0.496 e. The molecule has 0 N–H and O–H groups in total. The molecule has 0 saturated carbocycles. The molecule has 0 aliphatic heterocycles. The summed E-state index contributed by atoms with van der Waals surface area (Å²) >= 11 is 5.99. The Balaban J connectivity index is 2.54. The zero-order valence-corrected chi connectivity index (χ0v) is 9.79. The van der Waals surface area contributed by atoms with E-state index in [1.165, 1.54) is 0 Å². The average molecular weight is 234 g/mol. The van der Waals surface area contributed by atoms with E-state index in [0.717, 1.165) is 24.2 Å². The van der Waals surface area contributed by atoms with Gasteiger partial charge in [-0.15, -0.1) is 0 Å². The zero-order chi connectivity index (χ0) is 11.6. The Hall–Kier alpha value is -1.46. The molecule has 0 atom stereocenters. The maximum Gasteiger partial charge on any atom is 0.123 e. The second kappa shape index (κ2) is 4.19. The molecular formula is C13H12ClNO. The predicted molar refractivity (Wildman–Crippen MR) is 63.7 cm³/mol. The van der Waals surface area contributed by atoms with Crippen molar-refractivity contribution in [1.29, 1.82) is 5.26 Å². The standard InChI is InChI=1S/C13H12ClNO/c1-16-12-5-4-10(14)8-11(12)13(9-15)6-2-3-7-13/h2-5,8H,6-7H2,1H3. The van der Waals surface area contributed by atoms with Crippen molar-refractivity contribution in [2.45, 2.75) is 18.3 Å². The number of hydrogen-bond acceptors (Lipinski definition) is 2. The molecule has 0 heterocycles. The molecule has 2 rings (SSSR count). The van der Waals surface area contributed by atoms with Crippen LogP contribution in [0.3, 0.4) is 0 Å². The zero-order valence-electron chi connectivity index (χ0n) is 9.03. The topological polar surface area (TPSA) is 33.0 Å². The molecule has 0 spiro atoms. The average Bonchev–Trinajstić information content (AvgIpc) is 2.78. The molecule has 1 aromatic carbocycles. The van der Waals surface area contributed by atoms with Gasteiger partial charge in [0.05, 0.1) is 18.6 Å². The van der Waals surface area contributed by atoms with E-state index in [0.29, 0.717) is 5.02 Å². The predicted octanol–water partition coefficient (Wildman–Crippen LogP) is 3.46. The second-order valence-electron chi connectivity index (χ2n) is 3.92. The number of nitriles is 1. The van der Waals surface area contributed by atoms with Gasteiger partial charge in [-0.1, -0.05) is 23.8 Å². The van der Waals surface area contributed by atoms with Crippen molar-refractivity contribution in [1.82, 2.24) is 0 Å². The highest BCUT2D eigenvalue weighted by Gasteiger charge is 2.35. The first-order chi connectivity index (χ1) is 7.72. The molecule has 0 fully saturated rings. The summed E-state index contributed by atoms with van der Waals surface area (Å²) in [6.07, 6.45) is 5.51. The SMILES string of the molecule is COc1ccc(Cl)cc1C1(C#N)CC=CC1. The van der Waals surface area contributed by atoms with E-state index < -0.39 is 5.41 Å². The van der Waals surface area contributed by atoms with Gasteiger partial charge in [0.2, 0.25) is 0 Å². The summed E-state index contributed by atoms with van der Waals surface area (Å²) in [4.78, 5) is 0. The summed E-state index contributed by atoms with van der Waals surface area (Å²) in [5, 5.41) is 10.0. The minimum Gasteiger partial charge on any atom is -0.496 e. The first-order valence-corrected chi connectivity index (χ1v) is 5.50. The Morgan fingerprint density at radius 2 is 2.06 bits per heavy atom. The number of hydrogen-bond donors (Lipinski definition) is 0. The van der Waals surface area contributed by atoms with Crippen molar-refractivity contribution in [2.24, 2.45) is 0 Å². The van der Waals surface area contributed by atoms with Crippen molar-refractivity contribution in [3.8, 4) is 11.8 Å². The van der Waals surface area contributed by atoms with Gasteiger partial charge in [-0.3, -0.25) is 0 Å². The van der Waals surface area contributed by atoms with Gasteiger partial charge in [0.25, 0.3) is 0 Å². The fraction of sp³-hybridized carbons (Fsp3) is 0.308. The molecule has 0 radical (unpaired) electrons. The molecule has 82 valence electrons. The van der Waals surface area contributed by atoms with E-state index in [1.807, 2.05) is 24.3 Å². The molecule has 0 bridgehead atoms. The number of rotatable bonds is 2. The highest BCUT2D eigenvalue weighted by molar-refractivity contribution is 6.30. The normalized spacial score (nSPS) is 17.1. The molecule has 3 heteroatoms. The van der Waals surface area contributed by atoms with Crippen LogP contribution in [0.5, 0.6) is 5.75 Å². The fourth-order valence-corrected chi connectivity index (χ4v) is 2.25. The van der Waals surface area contributed by atoms with Crippen LogP contribution in [0.4, 0.5) is 0 Å². The number of ether oxygens (including phenoxy) is 1. The van der Waals surface area contributed by atoms with Gasteiger partial charge in [0.15, 0.2) is 0 Å². The fourth-order valence-electron chi connectivity index (χ4n) is 2.08. The van der Waals surface area contributed by atoms with Crippen molar-refractivity contribution in [3.63, 3.8) is 0 Å². The van der Waals surface area contributed by atoms with Crippen molar-refractivity contribution in [2.75, 3.05) is 7.11 Å². The molecule has 1 aliphatic carbocycles. The number of nitrogens with zero attached hydrogens (tertiary/aromatic N) is 1. The maximum absolute atomic E-state index is 9.39. The highest BCUT2D eigenvalue weighted by atomic mass is 35.5. The third-order valence-corrected chi connectivity index (χ3v) is 3.23. The van der Waals surface area contributed by atoms with Gasteiger partial charge in [-0.2, -0.15) is 5.26 Å². The van der Waals surface area contributed by atoms with Gasteiger partial charge < -0.3 is 4.74 Å². The lowest BCUT2D eigenvalue weighted by molar-refractivity contribution is 0.399. The van der Waals surface area contributed by atoms with Gasteiger partial charge in [-0.05, 0) is 31.0 Å². The number of benzene rings is 1. The van der Waals surface area contributed by atoms with Crippen LogP contribution in [-0.4, -0.2) is 7.11 Å². The van der Waals surface area contributed by atoms with Gasteiger partial charge in [0.1, 0.15) is 5.75 Å². The lowest BCUT2D eigenvalue weighted by Gasteiger charge is -2.23. The van der Waals surface area contributed by atoms with Crippen LogP contribution in [0.2, 0.25) is 5.02 Å². The number of halogens is 1. The first kappa shape index (κ1) is 11.0. The van der Waals surface area contributed by atoms with E-state index in [2.05, 4.69) is 6.07 Å². The highest BCUT2D eigenvalue weighted by Crippen LogP contribution is 2.42. The summed E-state index contributed by atoms with van der Waals surface area (Å²) in [7, 11) is 1.61. The third kappa shape index (κ3) is 1.68. The van der Waals surface area contributed by atoms with Crippen molar-refractivity contribution in [3.05, 3.63) is 40.9 Å². The van der Waals surface area contributed by atoms with Gasteiger partial charge in [-0.25, -0.2) is 0 Å².